The number of piperidine rings is 2. The maximum atomic E-state index is 14.4. The van der Waals surface area contributed by atoms with E-state index in [0.29, 0.717) is 51.5 Å². The van der Waals surface area contributed by atoms with Crippen LogP contribution in [0.4, 0.5) is 4.79 Å². The molecule has 1 unspecified atom stereocenters. The predicted octanol–water partition coefficient (Wildman–Crippen LogP) is 4.47. The monoisotopic (exact) mass is 752 g/mol. The Kier molecular flexibility index (Phi) is 11.3. The first kappa shape index (κ1) is 38.5. The van der Waals surface area contributed by atoms with Gasteiger partial charge in [0.15, 0.2) is 6.73 Å². The molecule has 4 aromatic rings. The summed E-state index contributed by atoms with van der Waals surface area (Å²) in [5.41, 5.74) is 3.52. The maximum absolute atomic E-state index is 14.4. The van der Waals surface area contributed by atoms with Crippen molar-refractivity contribution in [2.24, 2.45) is 5.41 Å². The Morgan fingerprint density at radius 3 is 2.33 bits per heavy atom. The summed E-state index contributed by atoms with van der Waals surface area (Å²) in [6, 6.07) is 13.3. The normalized spacial score (nSPS) is 18.9. The fraction of sp³-hybridized carbons (Fsp3) is 0.548. The Balaban J connectivity index is 1.05. The molecule has 5 heterocycles. The van der Waals surface area contributed by atoms with Crippen LogP contribution >= 0.6 is 0 Å². The smallest absolute Gasteiger partial charge is 0.318 e. The zero-order valence-corrected chi connectivity index (χ0v) is 33.0. The zero-order chi connectivity index (χ0) is 38.9. The van der Waals surface area contributed by atoms with E-state index in [1.54, 1.807) is 9.58 Å². The van der Waals surface area contributed by atoms with Gasteiger partial charge in [-0.05, 0) is 114 Å². The zero-order valence-electron chi connectivity index (χ0n) is 33.0. The number of urea groups is 1. The predicted molar refractivity (Wildman–Crippen MR) is 213 cm³/mol. The minimum atomic E-state index is -0.761. The van der Waals surface area contributed by atoms with Gasteiger partial charge in [0.25, 0.3) is 5.56 Å². The number of benzene rings is 2. The molecule has 55 heavy (non-hydrogen) atoms. The lowest BCUT2D eigenvalue weighted by molar-refractivity contribution is -0.157. The molecule has 1 atom stereocenters. The van der Waals surface area contributed by atoms with Gasteiger partial charge in [-0.25, -0.2) is 9.48 Å². The number of piperazine rings is 1. The summed E-state index contributed by atoms with van der Waals surface area (Å²) < 4.78 is 7.12. The minimum absolute atomic E-state index is 0.00615. The second-order valence-corrected chi connectivity index (χ2v) is 16.8. The topological polar surface area (TPSA) is 136 Å². The van der Waals surface area contributed by atoms with Gasteiger partial charge >= 0.3 is 12.0 Å². The van der Waals surface area contributed by atoms with Crippen LogP contribution in [0.25, 0.3) is 21.8 Å². The van der Waals surface area contributed by atoms with Gasteiger partial charge in [0, 0.05) is 74.4 Å². The molecule has 3 aliphatic rings. The number of esters is 1. The lowest BCUT2D eigenvalue weighted by atomic mass is 9.89. The number of amides is 3. The number of para-hydroxylation sites is 1. The van der Waals surface area contributed by atoms with Crippen LogP contribution in [0.2, 0.25) is 0 Å². The first-order chi connectivity index (χ1) is 26.3. The molecule has 0 radical (unpaired) electrons. The quantitative estimate of drug-likeness (QED) is 0.252. The Morgan fingerprint density at radius 1 is 0.909 bits per heavy atom. The fourth-order valence-corrected chi connectivity index (χ4v) is 8.39. The molecule has 0 saturated carbocycles. The summed E-state index contributed by atoms with van der Waals surface area (Å²) in [7, 11) is 2.17. The number of hydrogen-bond donors (Lipinski definition) is 2. The molecule has 13 heteroatoms. The molecule has 2 aromatic heterocycles. The van der Waals surface area contributed by atoms with Crippen LogP contribution < -0.4 is 10.9 Å². The number of likely N-dealkylation sites (tertiary alicyclic amines) is 2. The number of carbonyl (C=O) groups excluding carboxylic acids is 3. The van der Waals surface area contributed by atoms with Gasteiger partial charge in [-0.3, -0.25) is 19.3 Å². The Labute approximate surface area is 322 Å². The van der Waals surface area contributed by atoms with Crippen molar-refractivity contribution in [1.82, 2.24) is 39.7 Å². The van der Waals surface area contributed by atoms with Gasteiger partial charge < -0.3 is 29.7 Å². The number of aromatic amines is 1. The summed E-state index contributed by atoms with van der Waals surface area (Å²) in [6.45, 7) is 13.5. The van der Waals surface area contributed by atoms with Crippen molar-refractivity contribution < 1.29 is 19.1 Å². The van der Waals surface area contributed by atoms with Crippen molar-refractivity contribution in [2.75, 3.05) is 59.4 Å². The van der Waals surface area contributed by atoms with E-state index in [1.165, 1.54) is 0 Å². The SMILES string of the molecule is Cc1cc(CC(NC(=O)N2CCC(c3cc4ccccc4[nH]c3=O)CC2)C(=O)N2CCN(C3CCN(C)CC3)CC2)cc2cn(COC(=O)C(C)(C)C)nc12. The van der Waals surface area contributed by atoms with Crippen LogP contribution in [0.15, 0.2) is 53.5 Å². The lowest BCUT2D eigenvalue weighted by Crippen LogP contribution is -2.59. The third-order valence-corrected chi connectivity index (χ3v) is 11.7. The van der Waals surface area contributed by atoms with E-state index >= 15 is 0 Å². The summed E-state index contributed by atoms with van der Waals surface area (Å²) >= 11 is 0. The first-order valence-corrected chi connectivity index (χ1v) is 19.8. The molecule has 0 bridgehead atoms. The molecule has 0 aliphatic carbocycles. The van der Waals surface area contributed by atoms with Gasteiger partial charge in [-0.2, -0.15) is 5.10 Å². The first-order valence-electron chi connectivity index (χ1n) is 19.8. The van der Waals surface area contributed by atoms with Crippen LogP contribution in [0.1, 0.15) is 69.1 Å². The number of nitrogens with zero attached hydrogens (tertiary/aromatic N) is 6. The third kappa shape index (κ3) is 8.88. The number of nitrogens with one attached hydrogen (secondary N) is 2. The largest absolute Gasteiger partial charge is 0.442 e. The van der Waals surface area contributed by atoms with Crippen LogP contribution in [0.3, 0.4) is 0 Å². The van der Waals surface area contributed by atoms with Gasteiger partial charge in [0.1, 0.15) is 6.04 Å². The van der Waals surface area contributed by atoms with Gasteiger partial charge in [-0.1, -0.05) is 24.3 Å². The van der Waals surface area contributed by atoms with Gasteiger partial charge in [-0.15, -0.1) is 0 Å². The molecule has 3 fully saturated rings. The average molecular weight is 753 g/mol. The lowest BCUT2D eigenvalue weighted by Gasteiger charge is -2.43. The number of aryl methyl sites for hydroxylation is 1. The number of aromatic nitrogens is 3. The average Bonchev–Trinajstić information content (AvgIpc) is 3.60. The van der Waals surface area contributed by atoms with E-state index in [-0.39, 0.29) is 36.1 Å². The van der Waals surface area contributed by atoms with Crippen molar-refractivity contribution in [2.45, 2.75) is 84.5 Å². The number of rotatable bonds is 8. The molecular formula is C42H56N8O5. The van der Waals surface area contributed by atoms with Crippen molar-refractivity contribution in [3.05, 3.63) is 75.7 Å². The van der Waals surface area contributed by atoms with Crippen LogP contribution in [0, 0.1) is 12.3 Å². The molecule has 3 aliphatic heterocycles. The molecule has 7 rings (SSSR count). The van der Waals surface area contributed by atoms with E-state index in [1.807, 2.05) is 81.3 Å². The highest BCUT2D eigenvalue weighted by molar-refractivity contribution is 5.88. The summed E-state index contributed by atoms with van der Waals surface area (Å²) in [5, 5.41) is 9.68. The second-order valence-electron chi connectivity index (χ2n) is 16.8. The molecule has 2 aromatic carbocycles. The second kappa shape index (κ2) is 16.2. The molecule has 3 saturated heterocycles. The van der Waals surface area contributed by atoms with Crippen LogP contribution in [-0.4, -0.2) is 124 Å². The molecule has 13 nitrogen and oxygen atoms in total. The van der Waals surface area contributed by atoms with Crippen molar-refractivity contribution >= 4 is 39.7 Å². The number of hydrogen-bond acceptors (Lipinski definition) is 8. The standard InChI is InChI=1S/C42H56N8O5/c1-28-22-29(23-32-26-50(45-37(28)32)27-55-40(53)42(2,3)4)24-36(39(52)48-20-18-47(19-21-48)33-12-14-46(5)15-13-33)44-41(54)49-16-10-30(11-17-49)34-25-31-8-6-7-9-35(31)43-38(34)51/h6-9,22-23,25-26,30,33,36H,10-21,24,27H2,1-5H3,(H,43,51)(H,44,54). The highest BCUT2D eigenvalue weighted by Gasteiger charge is 2.34. The Morgan fingerprint density at radius 2 is 1.62 bits per heavy atom. The van der Waals surface area contributed by atoms with Crippen LogP contribution in [-0.2, 0) is 27.5 Å². The molecule has 0 spiro atoms. The Hall–Kier alpha value is -4.75. The number of carbonyl (C=O) groups is 3. The fourth-order valence-electron chi connectivity index (χ4n) is 8.39. The van der Waals surface area contributed by atoms with Crippen molar-refractivity contribution in [3.8, 4) is 0 Å². The molecule has 3 amide bonds. The molecular weight excluding hydrogens is 697 g/mol. The van der Waals surface area contributed by atoms with Crippen LogP contribution in [0.5, 0.6) is 0 Å². The van der Waals surface area contributed by atoms with Crippen molar-refractivity contribution in [1.29, 1.82) is 0 Å². The van der Waals surface area contributed by atoms with E-state index in [4.69, 9.17) is 4.74 Å². The van der Waals surface area contributed by atoms with E-state index in [9.17, 15) is 19.2 Å². The highest BCUT2D eigenvalue weighted by atomic mass is 16.5. The number of fused-ring (bicyclic) bond motifs is 2. The minimum Gasteiger partial charge on any atom is -0.442 e. The summed E-state index contributed by atoms with van der Waals surface area (Å²) in [6.07, 6.45) is 5.79. The molecule has 294 valence electrons. The Bertz CT molecular complexity index is 2080. The third-order valence-electron chi connectivity index (χ3n) is 11.7. The number of ether oxygens (including phenoxy) is 1. The number of pyridine rings is 1. The van der Waals surface area contributed by atoms with E-state index in [0.717, 1.165) is 77.5 Å². The van der Waals surface area contributed by atoms with Gasteiger partial charge in [0.2, 0.25) is 5.91 Å². The highest BCUT2D eigenvalue weighted by Crippen LogP contribution is 2.28. The van der Waals surface area contributed by atoms with Gasteiger partial charge in [0.05, 0.1) is 10.9 Å². The van der Waals surface area contributed by atoms with Crippen molar-refractivity contribution in [3.63, 3.8) is 0 Å². The maximum Gasteiger partial charge on any atom is 0.318 e. The summed E-state index contributed by atoms with van der Waals surface area (Å²) in [5.74, 6) is -0.333. The molecule has 2 N–H and O–H groups in total. The van der Waals surface area contributed by atoms with E-state index in [2.05, 4.69) is 32.2 Å². The summed E-state index contributed by atoms with van der Waals surface area (Å²) in [4.78, 5) is 65.3. The van der Waals surface area contributed by atoms with E-state index < -0.39 is 11.5 Å². The number of H-pyrrole nitrogens is 1.